The number of aromatic nitrogens is 3. The van der Waals surface area contributed by atoms with Crippen molar-refractivity contribution >= 4 is 33.2 Å². The topological polar surface area (TPSA) is 72.4 Å². The van der Waals surface area contributed by atoms with Crippen LogP contribution in [0, 0.1) is 5.82 Å². The van der Waals surface area contributed by atoms with Crippen molar-refractivity contribution in [1.82, 2.24) is 14.6 Å². The van der Waals surface area contributed by atoms with Gasteiger partial charge in [0, 0.05) is 4.47 Å². The number of nitrogens with one attached hydrogen (secondary N) is 1. The quantitative estimate of drug-likeness (QED) is 0.421. The van der Waals surface area contributed by atoms with Crippen LogP contribution < -0.4 is 5.32 Å². The minimum atomic E-state index is -4.76. The number of benzene rings is 1. The van der Waals surface area contributed by atoms with Gasteiger partial charge < -0.3 is 9.73 Å². The van der Waals surface area contributed by atoms with Gasteiger partial charge in [0.2, 0.25) is 0 Å². The molecule has 0 saturated carbocycles. The number of halogens is 5. The minimum Gasteiger partial charge on any atom is -0.463 e. The Bertz CT molecular complexity index is 1220. The van der Waals surface area contributed by atoms with Gasteiger partial charge in [0.15, 0.2) is 17.1 Å². The van der Waals surface area contributed by atoms with Crippen LogP contribution in [0.5, 0.6) is 0 Å². The summed E-state index contributed by atoms with van der Waals surface area (Å²) in [4.78, 5) is 16.7. The maximum Gasteiger partial charge on any atom is 0.433 e. The number of hydrogen-bond donors (Lipinski definition) is 1. The summed E-state index contributed by atoms with van der Waals surface area (Å²) in [7, 11) is 0. The van der Waals surface area contributed by atoms with Crippen molar-refractivity contribution in [1.29, 1.82) is 0 Å². The van der Waals surface area contributed by atoms with Crippen LogP contribution in [0.25, 0.3) is 17.1 Å². The van der Waals surface area contributed by atoms with E-state index >= 15 is 0 Å². The van der Waals surface area contributed by atoms with Gasteiger partial charge in [-0.2, -0.15) is 18.3 Å². The summed E-state index contributed by atoms with van der Waals surface area (Å²) in [6.07, 6.45) is -2.54. The summed E-state index contributed by atoms with van der Waals surface area (Å²) in [5.74, 6) is -1.49. The number of nitrogens with zero attached hydrogens (tertiary/aromatic N) is 3. The molecule has 0 atom stereocenters. The van der Waals surface area contributed by atoms with Gasteiger partial charge in [0.05, 0.1) is 18.1 Å². The van der Waals surface area contributed by atoms with Gasteiger partial charge in [0.1, 0.15) is 17.1 Å². The van der Waals surface area contributed by atoms with Crippen LogP contribution in [0.1, 0.15) is 16.1 Å². The fraction of sp³-hybridized carbons (Fsp3) is 0.0556. The first-order valence-corrected chi connectivity index (χ1v) is 8.79. The molecule has 1 N–H and O–H groups in total. The van der Waals surface area contributed by atoms with Crippen LogP contribution >= 0.6 is 15.9 Å². The first-order valence-electron chi connectivity index (χ1n) is 8.00. The normalized spacial score (nSPS) is 11.8. The molecule has 1 amide bonds. The standard InChI is InChI=1S/C18H9BrF4N4O2/c19-9-3-4-12(11(20)6-9)26-17(28)10-8-24-27-15(18(21,22)23)7-13(25-16(10)27)14-2-1-5-29-14/h1-8H,(H,26,28). The zero-order valence-corrected chi connectivity index (χ0v) is 15.8. The van der Waals surface area contributed by atoms with E-state index in [1.165, 1.54) is 30.5 Å². The van der Waals surface area contributed by atoms with E-state index < -0.39 is 23.6 Å². The lowest BCUT2D eigenvalue weighted by Crippen LogP contribution is -2.16. The molecular weight excluding hydrogens is 460 g/mol. The Labute approximate surface area is 168 Å². The Morgan fingerprint density at radius 3 is 2.66 bits per heavy atom. The molecule has 3 heterocycles. The molecule has 0 unspecified atom stereocenters. The highest BCUT2D eigenvalue weighted by atomic mass is 79.9. The number of hydrogen-bond acceptors (Lipinski definition) is 4. The van der Waals surface area contributed by atoms with Crippen molar-refractivity contribution < 1.29 is 26.8 Å². The van der Waals surface area contributed by atoms with Crippen molar-refractivity contribution in [2.45, 2.75) is 6.18 Å². The monoisotopic (exact) mass is 468 g/mol. The number of carbonyl (C=O) groups is 1. The highest BCUT2D eigenvalue weighted by Crippen LogP contribution is 2.33. The lowest BCUT2D eigenvalue weighted by molar-refractivity contribution is -0.142. The Kier molecular flexibility index (Phi) is 4.61. The zero-order chi connectivity index (χ0) is 20.8. The number of fused-ring (bicyclic) bond motifs is 1. The van der Waals surface area contributed by atoms with Crippen molar-refractivity contribution in [3.8, 4) is 11.5 Å². The van der Waals surface area contributed by atoms with Gasteiger partial charge >= 0.3 is 6.18 Å². The summed E-state index contributed by atoms with van der Waals surface area (Å²) in [5.41, 5.74) is -2.01. The number of anilines is 1. The molecule has 0 bridgehead atoms. The van der Waals surface area contributed by atoms with Crippen LogP contribution in [0.4, 0.5) is 23.2 Å². The number of amides is 1. The van der Waals surface area contributed by atoms with E-state index in [-0.39, 0.29) is 28.4 Å². The second kappa shape index (κ2) is 6.99. The maximum absolute atomic E-state index is 14.0. The Morgan fingerprint density at radius 2 is 2.00 bits per heavy atom. The fourth-order valence-corrected chi connectivity index (χ4v) is 2.99. The zero-order valence-electron chi connectivity index (χ0n) is 14.2. The SMILES string of the molecule is O=C(Nc1ccc(Br)cc1F)c1cnn2c(C(F)(F)F)cc(-c3ccco3)nc12. The molecule has 0 aliphatic rings. The van der Waals surface area contributed by atoms with Crippen LogP contribution in [0.2, 0.25) is 0 Å². The molecule has 6 nitrogen and oxygen atoms in total. The predicted octanol–water partition coefficient (Wildman–Crippen LogP) is 5.16. The highest BCUT2D eigenvalue weighted by Gasteiger charge is 2.36. The molecule has 0 aliphatic heterocycles. The molecule has 3 aromatic heterocycles. The van der Waals surface area contributed by atoms with Gasteiger partial charge in [-0.3, -0.25) is 4.79 Å². The summed E-state index contributed by atoms with van der Waals surface area (Å²) >= 11 is 3.10. The van der Waals surface area contributed by atoms with Gasteiger partial charge in [-0.15, -0.1) is 0 Å². The number of alkyl halides is 3. The molecule has 148 valence electrons. The number of rotatable bonds is 3. The summed E-state index contributed by atoms with van der Waals surface area (Å²) < 4.78 is 60.6. The average Bonchev–Trinajstić information content (AvgIpc) is 3.31. The molecule has 0 radical (unpaired) electrons. The third kappa shape index (κ3) is 3.60. The van der Waals surface area contributed by atoms with Crippen molar-refractivity contribution in [3.63, 3.8) is 0 Å². The van der Waals surface area contributed by atoms with E-state index in [9.17, 15) is 22.4 Å². The first kappa shape index (κ1) is 19.1. The molecule has 29 heavy (non-hydrogen) atoms. The van der Waals surface area contributed by atoms with Gasteiger partial charge in [-0.1, -0.05) is 15.9 Å². The number of furan rings is 1. The summed E-state index contributed by atoms with van der Waals surface area (Å²) in [5, 5.41) is 5.96. The molecule has 1 aromatic carbocycles. The fourth-order valence-electron chi connectivity index (χ4n) is 2.66. The molecule has 11 heteroatoms. The Hall–Kier alpha value is -3.21. The van der Waals surface area contributed by atoms with Crippen molar-refractivity contribution in [2.24, 2.45) is 0 Å². The lowest BCUT2D eigenvalue weighted by atomic mass is 10.2. The van der Waals surface area contributed by atoms with E-state index in [1.54, 1.807) is 0 Å². The maximum atomic E-state index is 14.0. The van der Waals surface area contributed by atoms with Crippen molar-refractivity contribution in [2.75, 3.05) is 5.32 Å². The molecular formula is C18H9BrF4N4O2. The first-order chi connectivity index (χ1) is 13.7. The van der Waals surface area contributed by atoms with Crippen LogP contribution in [-0.2, 0) is 6.18 Å². The van der Waals surface area contributed by atoms with E-state index in [4.69, 9.17) is 4.42 Å². The van der Waals surface area contributed by atoms with E-state index in [0.717, 1.165) is 18.3 Å². The largest absolute Gasteiger partial charge is 0.463 e. The van der Waals surface area contributed by atoms with Gasteiger partial charge in [-0.25, -0.2) is 13.9 Å². The molecule has 0 saturated heterocycles. The van der Waals surface area contributed by atoms with Crippen LogP contribution in [0.15, 0.2) is 57.7 Å². The highest BCUT2D eigenvalue weighted by molar-refractivity contribution is 9.10. The molecule has 0 spiro atoms. The third-order valence-corrected chi connectivity index (χ3v) is 4.45. The van der Waals surface area contributed by atoms with Crippen LogP contribution in [0.3, 0.4) is 0 Å². The summed E-state index contributed by atoms with van der Waals surface area (Å²) in [6, 6.07) is 7.66. The molecule has 4 aromatic rings. The Morgan fingerprint density at radius 1 is 1.21 bits per heavy atom. The van der Waals surface area contributed by atoms with Crippen molar-refractivity contribution in [3.05, 3.63) is 70.4 Å². The third-order valence-electron chi connectivity index (χ3n) is 3.96. The van der Waals surface area contributed by atoms with Gasteiger partial charge in [0.25, 0.3) is 5.91 Å². The second-order valence-electron chi connectivity index (χ2n) is 5.87. The smallest absolute Gasteiger partial charge is 0.433 e. The van der Waals surface area contributed by atoms with E-state index in [1.807, 2.05) is 0 Å². The van der Waals surface area contributed by atoms with E-state index in [0.29, 0.717) is 8.99 Å². The summed E-state index contributed by atoms with van der Waals surface area (Å²) in [6.45, 7) is 0. The minimum absolute atomic E-state index is 0.0875. The lowest BCUT2D eigenvalue weighted by Gasteiger charge is -2.11. The Balaban J connectivity index is 1.83. The predicted molar refractivity (Wildman–Crippen MR) is 97.7 cm³/mol. The number of carbonyl (C=O) groups excluding carboxylic acids is 1. The van der Waals surface area contributed by atoms with Crippen LogP contribution in [-0.4, -0.2) is 20.5 Å². The van der Waals surface area contributed by atoms with Gasteiger partial charge in [-0.05, 0) is 36.4 Å². The molecule has 0 fully saturated rings. The molecule has 0 aliphatic carbocycles. The van der Waals surface area contributed by atoms with E-state index in [2.05, 4.69) is 31.3 Å². The molecule has 4 rings (SSSR count). The second-order valence-corrected chi connectivity index (χ2v) is 6.79. The average molecular weight is 469 g/mol.